The van der Waals surface area contributed by atoms with E-state index in [1.807, 2.05) is 17.5 Å². The molecular formula is C27H21ClF3N3O3S. The minimum atomic E-state index is -4.45. The Kier molecular flexibility index (Phi) is 8.33. The highest BCUT2D eigenvalue weighted by atomic mass is 35.5. The molecule has 0 saturated heterocycles. The minimum Gasteiger partial charge on any atom is -0.481 e. The molecule has 0 spiro atoms. The number of halogens is 4. The van der Waals surface area contributed by atoms with Gasteiger partial charge in [0, 0.05) is 33.8 Å². The smallest absolute Gasteiger partial charge is 0.416 e. The van der Waals surface area contributed by atoms with Crippen LogP contribution in [-0.2, 0) is 17.5 Å². The number of carboxylic acids is 1. The molecule has 0 saturated carbocycles. The lowest BCUT2D eigenvalue weighted by atomic mass is 10.1. The topological polar surface area (TPSA) is 82.5 Å². The second-order valence-electron chi connectivity index (χ2n) is 8.25. The standard InChI is InChI=1S/C27H21ClF3N3O3S/c28-21-9-5-18(6-10-21)23-16-38-26(33-23)34(22-11-7-20(8-12-22)27(29,30)31)15-17-1-3-19(4-2-17)25(37)32-14-13-24(35)36/h1-12,16H,13-15H2,(H,32,37)(H,35,36). The number of nitrogens with zero attached hydrogens (tertiary/aromatic N) is 2. The summed E-state index contributed by atoms with van der Waals surface area (Å²) in [6, 6.07) is 18.7. The molecule has 0 bridgehead atoms. The molecule has 196 valence electrons. The third kappa shape index (κ3) is 6.90. The van der Waals surface area contributed by atoms with Crippen molar-refractivity contribution < 1.29 is 27.9 Å². The van der Waals surface area contributed by atoms with Crippen LogP contribution in [-0.4, -0.2) is 28.5 Å². The number of aliphatic carboxylic acids is 1. The fourth-order valence-electron chi connectivity index (χ4n) is 3.57. The quantitative estimate of drug-likeness (QED) is 0.230. The van der Waals surface area contributed by atoms with Gasteiger partial charge in [-0.1, -0.05) is 35.9 Å². The molecule has 11 heteroatoms. The van der Waals surface area contributed by atoms with Crippen LogP contribution in [0, 0.1) is 0 Å². The number of thiazole rings is 1. The molecule has 3 aromatic carbocycles. The first kappa shape index (κ1) is 27.2. The van der Waals surface area contributed by atoms with E-state index in [0.717, 1.165) is 23.3 Å². The van der Waals surface area contributed by atoms with Crippen molar-refractivity contribution in [3.63, 3.8) is 0 Å². The summed E-state index contributed by atoms with van der Waals surface area (Å²) in [4.78, 5) is 29.4. The van der Waals surface area contributed by atoms with Gasteiger partial charge in [0.05, 0.1) is 24.2 Å². The first-order valence-electron chi connectivity index (χ1n) is 11.4. The highest BCUT2D eigenvalue weighted by Crippen LogP contribution is 2.36. The molecule has 4 rings (SSSR count). The van der Waals surface area contributed by atoms with E-state index in [0.29, 0.717) is 27.1 Å². The van der Waals surface area contributed by atoms with Crippen molar-refractivity contribution >= 4 is 45.6 Å². The summed E-state index contributed by atoms with van der Waals surface area (Å²) in [6.07, 6.45) is -4.63. The van der Waals surface area contributed by atoms with E-state index >= 15 is 0 Å². The van der Waals surface area contributed by atoms with Gasteiger partial charge in [-0.3, -0.25) is 9.59 Å². The number of rotatable bonds is 9. The molecule has 0 aliphatic heterocycles. The van der Waals surface area contributed by atoms with E-state index in [2.05, 4.69) is 5.32 Å². The average Bonchev–Trinajstić information content (AvgIpc) is 3.37. The number of benzene rings is 3. The number of carboxylic acid groups (broad SMARTS) is 1. The highest BCUT2D eigenvalue weighted by molar-refractivity contribution is 7.14. The Morgan fingerprint density at radius 2 is 1.63 bits per heavy atom. The number of hydrogen-bond donors (Lipinski definition) is 2. The predicted octanol–water partition coefficient (Wildman–Crippen LogP) is 7.03. The zero-order valence-electron chi connectivity index (χ0n) is 19.7. The van der Waals surface area contributed by atoms with Crippen LogP contribution in [0.2, 0.25) is 5.02 Å². The molecule has 0 aliphatic rings. The molecule has 6 nitrogen and oxygen atoms in total. The van der Waals surface area contributed by atoms with Crippen molar-refractivity contribution in [2.45, 2.75) is 19.1 Å². The Morgan fingerprint density at radius 1 is 0.974 bits per heavy atom. The van der Waals surface area contributed by atoms with E-state index in [9.17, 15) is 22.8 Å². The number of anilines is 2. The Hall–Kier alpha value is -3.89. The number of carbonyl (C=O) groups excluding carboxylic acids is 1. The lowest BCUT2D eigenvalue weighted by molar-refractivity contribution is -0.138. The minimum absolute atomic E-state index is 0.0115. The van der Waals surface area contributed by atoms with Gasteiger partial charge >= 0.3 is 12.1 Å². The largest absolute Gasteiger partial charge is 0.481 e. The van der Waals surface area contributed by atoms with Crippen molar-refractivity contribution in [1.29, 1.82) is 0 Å². The fourth-order valence-corrected chi connectivity index (χ4v) is 4.55. The Bertz CT molecular complexity index is 1410. The molecule has 0 fully saturated rings. The summed E-state index contributed by atoms with van der Waals surface area (Å²) in [5.41, 5.74) is 2.47. The molecule has 1 heterocycles. The van der Waals surface area contributed by atoms with Crippen LogP contribution in [0.25, 0.3) is 11.3 Å². The summed E-state index contributed by atoms with van der Waals surface area (Å²) in [5.74, 6) is -1.41. The highest BCUT2D eigenvalue weighted by Gasteiger charge is 2.30. The van der Waals surface area contributed by atoms with Gasteiger partial charge in [0.2, 0.25) is 0 Å². The lowest BCUT2D eigenvalue weighted by Gasteiger charge is -2.23. The number of aromatic nitrogens is 1. The van der Waals surface area contributed by atoms with Crippen LogP contribution in [0.3, 0.4) is 0 Å². The maximum Gasteiger partial charge on any atom is 0.416 e. The zero-order valence-corrected chi connectivity index (χ0v) is 21.3. The van der Waals surface area contributed by atoms with Crippen LogP contribution in [0.1, 0.15) is 27.9 Å². The molecule has 2 N–H and O–H groups in total. The monoisotopic (exact) mass is 559 g/mol. The van der Waals surface area contributed by atoms with Gasteiger partial charge in [-0.05, 0) is 54.1 Å². The molecule has 1 amide bonds. The first-order valence-corrected chi connectivity index (χ1v) is 12.6. The Balaban J connectivity index is 1.59. The molecule has 0 aliphatic carbocycles. The van der Waals surface area contributed by atoms with Crippen molar-refractivity contribution in [3.05, 3.63) is 99.9 Å². The lowest BCUT2D eigenvalue weighted by Crippen LogP contribution is -2.26. The number of hydrogen-bond acceptors (Lipinski definition) is 5. The maximum absolute atomic E-state index is 13.1. The summed E-state index contributed by atoms with van der Waals surface area (Å²) in [7, 11) is 0. The van der Waals surface area contributed by atoms with Crippen molar-refractivity contribution in [3.8, 4) is 11.3 Å². The van der Waals surface area contributed by atoms with Gasteiger partial charge in [0.25, 0.3) is 5.91 Å². The third-order valence-electron chi connectivity index (χ3n) is 5.55. The van der Waals surface area contributed by atoms with Gasteiger partial charge in [-0.25, -0.2) is 4.98 Å². The third-order valence-corrected chi connectivity index (χ3v) is 6.67. The number of nitrogens with one attached hydrogen (secondary N) is 1. The second-order valence-corrected chi connectivity index (χ2v) is 9.52. The summed E-state index contributed by atoms with van der Waals surface area (Å²) in [6.45, 7) is 0.289. The van der Waals surface area contributed by atoms with Crippen molar-refractivity contribution in [2.24, 2.45) is 0 Å². The van der Waals surface area contributed by atoms with Gasteiger partial charge < -0.3 is 15.3 Å². The van der Waals surface area contributed by atoms with Gasteiger partial charge in [-0.15, -0.1) is 11.3 Å². The fraction of sp³-hybridized carbons (Fsp3) is 0.148. The molecule has 4 aromatic rings. The number of carbonyl (C=O) groups is 2. The second kappa shape index (κ2) is 11.7. The van der Waals surface area contributed by atoms with E-state index < -0.39 is 23.6 Å². The summed E-state index contributed by atoms with van der Waals surface area (Å²) in [5, 5.41) is 14.3. The average molecular weight is 560 g/mol. The molecule has 38 heavy (non-hydrogen) atoms. The number of amides is 1. The van der Waals surface area contributed by atoms with Crippen LogP contribution in [0.4, 0.5) is 24.0 Å². The van der Waals surface area contributed by atoms with Crippen LogP contribution in [0.15, 0.2) is 78.2 Å². The molecule has 0 atom stereocenters. The maximum atomic E-state index is 13.1. The predicted molar refractivity (Wildman–Crippen MR) is 141 cm³/mol. The van der Waals surface area contributed by atoms with E-state index in [-0.39, 0.29) is 19.5 Å². The molecule has 0 radical (unpaired) electrons. The SMILES string of the molecule is O=C(O)CCNC(=O)c1ccc(CN(c2ccc(C(F)(F)F)cc2)c2nc(-c3ccc(Cl)cc3)cs2)cc1. The van der Waals surface area contributed by atoms with Crippen molar-refractivity contribution in [2.75, 3.05) is 11.4 Å². The Labute approximate surface area is 225 Å². The van der Waals surface area contributed by atoms with E-state index in [1.54, 1.807) is 41.3 Å². The van der Waals surface area contributed by atoms with E-state index in [4.69, 9.17) is 21.7 Å². The van der Waals surface area contributed by atoms with E-state index in [1.165, 1.54) is 23.5 Å². The molecule has 1 aromatic heterocycles. The van der Waals surface area contributed by atoms with Crippen LogP contribution < -0.4 is 10.2 Å². The first-order chi connectivity index (χ1) is 18.1. The zero-order chi connectivity index (χ0) is 27.3. The normalized spacial score (nSPS) is 11.3. The molecule has 0 unspecified atom stereocenters. The van der Waals surface area contributed by atoms with Gasteiger partial charge in [-0.2, -0.15) is 13.2 Å². The number of alkyl halides is 3. The molecular weight excluding hydrogens is 539 g/mol. The summed E-state index contributed by atoms with van der Waals surface area (Å²) >= 11 is 7.33. The van der Waals surface area contributed by atoms with Gasteiger partial charge in [0.15, 0.2) is 5.13 Å². The van der Waals surface area contributed by atoms with Crippen LogP contribution >= 0.6 is 22.9 Å². The van der Waals surface area contributed by atoms with Crippen molar-refractivity contribution in [1.82, 2.24) is 10.3 Å². The van der Waals surface area contributed by atoms with Gasteiger partial charge in [0.1, 0.15) is 0 Å². The summed E-state index contributed by atoms with van der Waals surface area (Å²) < 4.78 is 39.4. The Morgan fingerprint density at radius 3 is 2.24 bits per heavy atom. The van der Waals surface area contributed by atoms with Crippen LogP contribution in [0.5, 0.6) is 0 Å².